The number of nitrogens with zero attached hydrogens (tertiary/aromatic N) is 5. The van der Waals surface area contributed by atoms with Crippen molar-refractivity contribution < 1.29 is 9.72 Å². The van der Waals surface area contributed by atoms with Gasteiger partial charge in [0.05, 0.1) is 21.9 Å². The molecule has 1 aliphatic rings. The maximum absolute atomic E-state index is 12.5. The highest BCUT2D eigenvalue weighted by molar-refractivity contribution is 5.94. The maximum atomic E-state index is 12.5. The molecule has 0 atom stereocenters. The number of carbonyl (C=O) groups excluding carboxylic acids is 1. The molecule has 1 aromatic carbocycles. The van der Waals surface area contributed by atoms with E-state index >= 15 is 0 Å². The van der Waals surface area contributed by atoms with Crippen LogP contribution in [-0.4, -0.2) is 34.1 Å². The van der Waals surface area contributed by atoms with Crippen molar-refractivity contribution in [2.24, 2.45) is 5.92 Å². The van der Waals surface area contributed by atoms with Gasteiger partial charge in [0.1, 0.15) is 6.07 Å². The van der Waals surface area contributed by atoms with Gasteiger partial charge in [-0.3, -0.25) is 14.9 Å². The quantitative estimate of drug-likeness (QED) is 0.650. The molecule has 27 heavy (non-hydrogen) atoms. The Kier molecular flexibility index (Phi) is 5.26. The summed E-state index contributed by atoms with van der Waals surface area (Å²) in [6, 6.07) is 9.54. The molecule has 138 valence electrons. The number of rotatable bonds is 4. The van der Waals surface area contributed by atoms with Crippen LogP contribution in [0.15, 0.2) is 30.3 Å². The fourth-order valence-corrected chi connectivity index (χ4v) is 3.01. The zero-order valence-electron chi connectivity index (χ0n) is 14.8. The molecule has 9 nitrogen and oxygen atoms in total. The van der Waals surface area contributed by atoms with Crippen LogP contribution in [0.25, 0.3) is 0 Å². The molecular weight excluding hydrogens is 348 g/mol. The van der Waals surface area contributed by atoms with E-state index in [1.165, 1.54) is 12.1 Å². The van der Waals surface area contributed by atoms with Crippen molar-refractivity contribution in [1.82, 2.24) is 10.2 Å². The number of nitro groups is 1. The van der Waals surface area contributed by atoms with Gasteiger partial charge in [0.25, 0.3) is 5.69 Å². The molecule has 2 aromatic rings. The average molecular weight is 366 g/mol. The minimum Gasteiger partial charge on any atom is -0.355 e. The van der Waals surface area contributed by atoms with Gasteiger partial charge in [0.15, 0.2) is 5.82 Å². The number of benzene rings is 1. The lowest BCUT2D eigenvalue weighted by atomic mass is 9.95. The summed E-state index contributed by atoms with van der Waals surface area (Å²) >= 11 is 0. The highest BCUT2D eigenvalue weighted by atomic mass is 16.6. The summed E-state index contributed by atoms with van der Waals surface area (Å²) in [4.78, 5) is 24.9. The molecule has 9 heteroatoms. The molecule has 0 radical (unpaired) electrons. The molecule has 2 heterocycles. The third-order valence-electron chi connectivity index (χ3n) is 4.57. The monoisotopic (exact) mass is 366 g/mol. The van der Waals surface area contributed by atoms with E-state index in [1.807, 2.05) is 25.1 Å². The molecule has 0 bridgehead atoms. The number of piperidine rings is 1. The third-order valence-corrected chi connectivity index (χ3v) is 4.57. The topological polar surface area (TPSA) is 125 Å². The Labute approximate surface area is 155 Å². The van der Waals surface area contributed by atoms with Crippen molar-refractivity contribution in [2.75, 3.05) is 23.3 Å². The second-order valence-electron chi connectivity index (χ2n) is 6.38. The zero-order chi connectivity index (χ0) is 19.4. The second-order valence-corrected chi connectivity index (χ2v) is 6.38. The molecule has 0 saturated carbocycles. The van der Waals surface area contributed by atoms with Crippen LogP contribution in [0.1, 0.15) is 24.1 Å². The number of nitriles is 1. The minimum atomic E-state index is -0.573. The summed E-state index contributed by atoms with van der Waals surface area (Å²) in [7, 11) is 0. The van der Waals surface area contributed by atoms with Crippen LogP contribution >= 0.6 is 0 Å². The number of amides is 1. The predicted molar refractivity (Wildman–Crippen MR) is 98.1 cm³/mol. The summed E-state index contributed by atoms with van der Waals surface area (Å²) in [5.74, 6) is 0.415. The van der Waals surface area contributed by atoms with Crippen LogP contribution in [0.4, 0.5) is 17.2 Å². The fourth-order valence-electron chi connectivity index (χ4n) is 3.01. The van der Waals surface area contributed by atoms with Crippen LogP contribution in [0.3, 0.4) is 0 Å². The number of nitro benzene ring substituents is 1. The summed E-state index contributed by atoms with van der Waals surface area (Å²) in [5.41, 5.74) is 1.03. The Morgan fingerprint density at radius 3 is 2.63 bits per heavy atom. The highest BCUT2D eigenvalue weighted by Crippen LogP contribution is 2.25. The van der Waals surface area contributed by atoms with Crippen LogP contribution in [0.5, 0.6) is 0 Å². The van der Waals surface area contributed by atoms with E-state index in [4.69, 9.17) is 0 Å². The lowest BCUT2D eigenvalue weighted by Crippen LogP contribution is -2.38. The Morgan fingerprint density at radius 2 is 2.04 bits per heavy atom. The number of carbonyl (C=O) groups is 1. The van der Waals surface area contributed by atoms with Crippen molar-refractivity contribution >= 4 is 23.1 Å². The van der Waals surface area contributed by atoms with Gasteiger partial charge in [-0.15, -0.1) is 5.10 Å². The van der Waals surface area contributed by atoms with E-state index in [2.05, 4.69) is 20.4 Å². The minimum absolute atomic E-state index is 0.0740. The summed E-state index contributed by atoms with van der Waals surface area (Å²) in [6.07, 6.45) is 1.30. The van der Waals surface area contributed by atoms with Crippen LogP contribution in [0, 0.1) is 34.3 Å². The molecule has 1 saturated heterocycles. The van der Waals surface area contributed by atoms with Gasteiger partial charge in [-0.25, -0.2) is 0 Å². The summed E-state index contributed by atoms with van der Waals surface area (Å²) < 4.78 is 0. The Bertz CT molecular complexity index is 898. The van der Waals surface area contributed by atoms with Gasteiger partial charge >= 0.3 is 0 Å². The largest absolute Gasteiger partial charge is 0.355 e. The van der Waals surface area contributed by atoms with Crippen LogP contribution in [0.2, 0.25) is 0 Å². The average Bonchev–Trinajstić information content (AvgIpc) is 2.68. The van der Waals surface area contributed by atoms with E-state index in [1.54, 1.807) is 0 Å². The van der Waals surface area contributed by atoms with Crippen molar-refractivity contribution in [1.29, 1.82) is 5.26 Å². The Hall–Kier alpha value is -3.54. The summed E-state index contributed by atoms with van der Waals surface area (Å²) in [5, 5.41) is 30.9. The normalized spacial score (nSPS) is 14.4. The van der Waals surface area contributed by atoms with Gasteiger partial charge in [-0.05, 0) is 38.0 Å². The van der Waals surface area contributed by atoms with Crippen molar-refractivity contribution in [3.63, 3.8) is 0 Å². The predicted octanol–water partition coefficient (Wildman–Crippen LogP) is 2.42. The third kappa shape index (κ3) is 4.17. The number of non-ortho nitro benzene ring substituents is 1. The number of aromatic nitrogens is 2. The van der Waals surface area contributed by atoms with E-state index in [0.29, 0.717) is 31.6 Å². The first-order valence-corrected chi connectivity index (χ1v) is 8.52. The molecule has 3 rings (SSSR count). The van der Waals surface area contributed by atoms with Crippen LogP contribution in [-0.2, 0) is 4.79 Å². The Balaban J connectivity index is 1.62. The number of aryl methyl sites for hydroxylation is 1. The van der Waals surface area contributed by atoms with Crippen molar-refractivity contribution in [3.8, 4) is 6.07 Å². The number of hydrogen-bond acceptors (Lipinski definition) is 7. The smallest absolute Gasteiger partial charge is 0.270 e. The van der Waals surface area contributed by atoms with Gasteiger partial charge in [0, 0.05) is 31.1 Å². The van der Waals surface area contributed by atoms with Crippen molar-refractivity contribution in [3.05, 3.63) is 51.7 Å². The van der Waals surface area contributed by atoms with Crippen LogP contribution < -0.4 is 10.2 Å². The molecule has 1 N–H and O–H groups in total. The van der Waals surface area contributed by atoms with Gasteiger partial charge in [0.2, 0.25) is 5.91 Å². The van der Waals surface area contributed by atoms with Crippen molar-refractivity contribution in [2.45, 2.75) is 19.8 Å². The second kappa shape index (κ2) is 7.78. The molecule has 1 aliphatic heterocycles. The lowest BCUT2D eigenvalue weighted by Gasteiger charge is -2.31. The molecule has 1 amide bonds. The highest BCUT2D eigenvalue weighted by Gasteiger charge is 2.26. The molecule has 1 aromatic heterocycles. The molecule has 1 fully saturated rings. The number of anilines is 2. The first-order valence-electron chi connectivity index (χ1n) is 8.52. The SMILES string of the molecule is Cc1ccc(N2CCC(C(=O)Nc3ccc([N+](=O)[O-])cc3C#N)CC2)nn1. The fraction of sp³-hybridized carbons (Fsp3) is 0.333. The number of hydrogen-bond donors (Lipinski definition) is 1. The molecule has 0 aliphatic carbocycles. The molecular formula is C18H18N6O3. The van der Waals surface area contributed by atoms with Gasteiger partial charge < -0.3 is 10.2 Å². The van der Waals surface area contributed by atoms with E-state index in [9.17, 15) is 20.2 Å². The van der Waals surface area contributed by atoms with E-state index < -0.39 is 4.92 Å². The molecule has 0 spiro atoms. The van der Waals surface area contributed by atoms with Gasteiger partial charge in [-0.2, -0.15) is 10.4 Å². The molecule has 0 unspecified atom stereocenters. The zero-order valence-corrected chi connectivity index (χ0v) is 14.8. The Morgan fingerprint density at radius 1 is 1.30 bits per heavy atom. The summed E-state index contributed by atoms with van der Waals surface area (Å²) in [6.45, 7) is 3.24. The number of nitrogens with one attached hydrogen (secondary N) is 1. The standard InChI is InChI=1S/C18H18N6O3/c1-12-2-5-17(22-21-12)23-8-6-13(7-9-23)18(25)20-16-4-3-15(24(26)27)10-14(16)11-19/h2-5,10,13H,6-9H2,1H3,(H,20,25). The maximum Gasteiger partial charge on any atom is 0.270 e. The first kappa shape index (κ1) is 18.3. The first-order chi connectivity index (χ1) is 13.0. The van der Waals surface area contributed by atoms with Gasteiger partial charge in [-0.1, -0.05) is 0 Å². The lowest BCUT2D eigenvalue weighted by molar-refractivity contribution is -0.384. The van der Waals surface area contributed by atoms with E-state index in [-0.39, 0.29) is 23.1 Å². The van der Waals surface area contributed by atoms with E-state index in [0.717, 1.165) is 17.6 Å².